The zero-order chi connectivity index (χ0) is 8.27. The smallest absolute Gasteiger partial charge is 0.144 e. The van der Waals surface area contributed by atoms with E-state index in [0.29, 0.717) is 0 Å². The molecular weight excluding hydrogens is 140 g/mol. The average molecular weight is 154 g/mol. The molecule has 0 bridgehead atoms. The van der Waals surface area contributed by atoms with Crippen molar-refractivity contribution in [1.82, 2.24) is 4.90 Å². The fourth-order valence-corrected chi connectivity index (χ4v) is 1.32. The Morgan fingerprint density at radius 3 is 3.00 bits per heavy atom. The molecule has 1 rings (SSSR count). The van der Waals surface area contributed by atoms with Crippen LogP contribution in [0.4, 0.5) is 0 Å². The van der Waals surface area contributed by atoms with E-state index in [1.807, 2.05) is 6.92 Å². The van der Waals surface area contributed by atoms with Crippen molar-refractivity contribution in [1.29, 1.82) is 0 Å². The summed E-state index contributed by atoms with van der Waals surface area (Å²) in [7, 11) is 0. The van der Waals surface area contributed by atoms with E-state index >= 15 is 0 Å². The summed E-state index contributed by atoms with van der Waals surface area (Å²) in [6, 6.07) is -0.0854. The van der Waals surface area contributed by atoms with Gasteiger partial charge in [0, 0.05) is 13.1 Å². The number of amidine groups is 1. The summed E-state index contributed by atoms with van der Waals surface area (Å²) in [5.41, 5.74) is 0. The summed E-state index contributed by atoms with van der Waals surface area (Å²) in [5.74, 6) is 0.996. The third-order valence-corrected chi connectivity index (χ3v) is 2.04. The van der Waals surface area contributed by atoms with Crippen LogP contribution in [-0.4, -0.2) is 36.2 Å². The summed E-state index contributed by atoms with van der Waals surface area (Å²) in [6.45, 7) is 6.01. The second-order valence-corrected chi connectivity index (χ2v) is 2.75. The first kappa shape index (κ1) is 8.24. The van der Waals surface area contributed by atoms with Crippen LogP contribution >= 0.6 is 0 Å². The molecular formula is C8H14N2O. The van der Waals surface area contributed by atoms with Crippen molar-refractivity contribution in [3.05, 3.63) is 0 Å². The largest absolute Gasteiger partial charge is 0.361 e. The molecule has 0 spiro atoms. The van der Waals surface area contributed by atoms with Gasteiger partial charge in [-0.15, -0.1) is 0 Å². The van der Waals surface area contributed by atoms with Crippen molar-refractivity contribution in [3.63, 3.8) is 0 Å². The van der Waals surface area contributed by atoms with Crippen LogP contribution in [0.15, 0.2) is 4.99 Å². The van der Waals surface area contributed by atoms with Gasteiger partial charge in [-0.25, -0.2) is 0 Å². The minimum absolute atomic E-state index is 0.0854. The summed E-state index contributed by atoms with van der Waals surface area (Å²) in [4.78, 5) is 16.8. The van der Waals surface area contributed by atoms with Gasteiger partial charge >= 0.3 is 0 Å². The molecule has 3 heteroatoms. The third-order valence-electron chi connectivity index (χ3n) is 2.04. The lowest BCUT2D eigenvalue weighted by atomic mass is 10.2. The predicted molar refractivity (Wildman–Crippen MR) is 44.8 cm³/mol. The van der Waals surface area contributed by atoms with E-state index in [1.165, 1.54) is 0 Å². The monoisotopic (exact) mass is 154 g/mol. The first-order valence-electron chi connectivity index (χ1n) is 4.02. The fourth-order valence-electron chi connectivity index (χ4n) is 1.32. The number of nitrogens with zero attached hydrogens (tertiary/aromatic N) is 2. The molecule has 3 nitrogen and oxygen atoms in total. The Hall–Kier alpha value is -0.860. The molecule has 1 atom stereocenters. The molecule has 0 radical (unpaired) electrons. The lowest BCUT2D eigenvalue weighted by Gasteiger charge is -2.28. The fraction of sp³-hybridized carbons (Fsp3) is 0.750. The molecule has 0 aliphatic carbocycles. The molecule has 1 unspecified atom stereocenters. The highest BCUT2D eigenvalue weighted by Crippen LogP contribution is 2.07. The highest BCUT2D eigenvalue weighted by Gasteiger charge is 2.15. The molecule has 0 aromatic rings. The van der Waals surface area contributed by atoms with Crippen LogP contribution in [0, 0.1) is 0 Å². The minimum atomic E-state index is -0.0854. The Kier molecular flexibility index (Phi) is 2.63. The zero-order valence-corrected chi connectivity index (χ0v) is 7.08. The number of carbonyl (C=O) groups is 1. The number of aliphatic imine (C=N–C) groups is 1. The summed E-state index contributed by atoms with van der Waals surface area (Å²) in [5, 5.41) is 0. The van der Waals surface area contributed by atoms with E-state index in [4.69, 9.17) is 0 Å². The third kappa shape index (κ3) is 1.79. The number of rotatable bonds is 2. The summed E-state index contributed by atoms with van der Waals surface area (Å²) >= 11 is 0. The van der Waals surface area contributed by atoms with E-state index in [2.05, 4.69) is 16.8 Å². The van der Waals surface area contributed by atoms with Crippen LogP contribution in [0.3, 0.4) is 0 Å². The van der Waals surface area contributed by atoms with Gasteiger partial charge in [-0.3, -0.25) is 4.99 Å². The zero-order valence-electron chi connectivity index (χ0n) is 7.08. The Labute approximate surface area is 67.1 Å². The van der Waals surface area contributed by atoms with Crippen molar-refractivity contribution >= 4 is 12.1 Å². The SMILES string of the molecule is CCN1CCC(C=O)N=C1C. The standard InChI is InChI=1S/C8H14N2O/c1-3-10-5-4-8(6-11)9-7(10)2/h6,8H,3-5H2,1-2H3. The molecule has 0 saturated heterocycles. The van der Waals surface area contributed by atoms with Crippen molar-refractivity contribution in [2.75, 3.05) is 13.1 Å². The predicted octanol–water partition coefficient (Wildman–Crippen LogP) is 0.698. The van der Waals surface area contributed by atoms with E-state index < -0.39 is 0 Å². The average Bonchev–Trinajstić information content (AvgIpc) is 2.04. The topological polar surface area (TPSA) is 32.7 Å². The first-order chi connectivity index (χ1) is 5.27. The van der Waals surface area contributed by atoms with Crippen molar-refractivity contribution in [2.45, 2.75) is 26.3 Å². The molecule has 1 heterocycles. The van der Waals surface area contributed by atoms with E-state index in [0.717, 1.165) is 31.6 Å². The molecule has 62 valence electrons. The van der Waals surface area contributed by atoms with Gasteiger partial charge in [0.2, 0.25) is 0 Å². The molecule has 0 amide bonds. The maximum absolute atomic E-state index is 10.4. The lowest BCUT2D eigenvalue weighted by molar-refractivity contribution is -0.109. The van der Waals surface area contributed by atoms with Gasteiger partial charge in [0.1, 0.15) is 12.3 Å². The van der Waals surface area contributed by atoms with Crippen LogP contribution < -0.4 is 0 Å². The molecule has 1 aliphatic rings. The molecule has 0 N–H and O–H groups in total. The van der Waals surface area contributed by atoms with Gasteiger partial charge in [0.05, 0.1) is 5.84 Å². The maximum atomic E-state index is 10.4. The van der Waals surface area contributed by atoms with Gasteiger partial charge < -0.3 is 9.69 Å². The van der Waals surface area contributed by atoms with Crippen molar-refractivity contribution < 1.29 is 4.79 Å². The number of carbonyl (C=O) groups excluding carboxylic acids is 1. The molecule has 11 heavy (non-hydrogen) atoms. The van der Waals surface area contributed by atoms with Crippen LogP contribution in [0.1, 0.15) is 20.3 Å². The number of hydrogen-bond donors (Lipinski definition) is 0. The van der Waals surface area contributed by atoms with Crippen LogP contribution in [-0.2, 0) is 4.79 Å². The maximum Gasteiger partial charge on any atom is 0.144 e. The molecule has 0 fully saturated rings. The number of hydrogen-bond acceptors (Lipinski definition) is 3. The van der Waals surface area contributed by atoms with Gasteiger partial charge in [-0.05, 0) is 20.3 Å². The lowest BCUT2D eigenvalue weighted by Crippen LogP contribution is -2.37. The van der Waals surface area contributed by atoms with Crippen LogP contribution in [0.2, 0.25) is 0 Å². The Balaban J connectivity index is 2.63. The van der Waals surface area contributed by atoms with E-state index in [-0.39, 0.29) is 6.04 Å². The summed E-state index contributed by atoms with van der Waals surface area (Å²) in [6.07, 6.45) is 1.80. The van der Waals surface area contributed by atoms with Gasteiger partial charge in [-0.1, -0.05) is 0 Å². The van der Waals surface area contributed by atoms with Gasteiger partial charge in [0.25, 0.3) is 0 Å². The van der Waals surface area contributed by atoms with Gasteiger partial charge in [-0.2, -0.15) is 0 Å². The van der Waals surface area contributed by atoms with Crippen LogP contribution in [0.25, 0.3) is 0 Å². The molecule has 1 aliphatic heterocycles. The Morgan fingerprint density at radius 2 is 2.55 bits per heavy atom. The van der Waals surface area contributed by atoms with Crippen molar-refractivity contribution in [3.8, 4) is 0 Å². The number of aldehydes is 1. The highest BCUT2D eigenvalue weighted by atomic mass is 16.1. The Bertz CT molecular complexity index is 177. The van der Waals surface area contributed by atoms with Gasteiger partial charge in [0.15, 0.2) is 0 Å². The molecule has 0 aromatic carbocycles. The van der Waals surface area contributed by atoms with E-state index in [1.54, 1.807) is 0 Å². The highest BCUT2D eigenvalue weighted by molar-refractivity contribution is 5.82. The first-order valence-corrected chi connectivity index (χ1v) is 4.02. The quantitative estimate of drug-likeness (QED) is 0.548. The molecule has 0 aromatic heterocycles. The second-order valence-electron chi connectivity index (χ2n) is 2.75. The normalized spacial score (nSPS) is 24.7. The van der Waals surface area contributed by atoms with E-state index in [9.17, 15) is 4.79 Å². The van der Waals surface area contributed by atoms with Crippen LogP contribution in [0.5, 0.6) is 0 Å². The minimum Gasteiger partial charge on any atom is -0.361 e. The second kappa shape index (κ2) is 3.51. The molecule has 0 saturated carbocycles. The van der Waals surface area contributed by atoms with Crippen molar-refractivity contribution in [2.24, 2.45) is 4.99 Å². The Morgan fingerprint density at radius 1 is 1.82 bits per heavy atom. The summed E-state index contributed by atoms with van der Waals surface area (Å²) < 4.78 is 0.